The number of fused-ring (bicyclic) bond motifs is 1. The Bertz CT molecular complexity index is 418. The normalized spacial score (nSPS) is 33.0. The minimum Gasteiger partial charge on any atom is -0.340 e. The van der Waals surface area contributed by atoms with E-state index in [9.17, 15) is 9.59 Å². The second-order valence-corrected chi connectivity index (χ2v) is 6.52. The number of hydrogen-bond donors (Lipinski definition) is 1. The Kier molecular flexibility index (Phi) is 5.15. The van der Waals surface area contributed by atoms with Gasteiger partial charge in [-0.2, -0.15) is 0 Å². The fourth-order valence-electron chi connectivity index (χ4n) is 4.23. The molecule has 3 aliphatic rings. The highest BCUT2D eigenvalue weighted by atomic mass is 35.5. The maximum absolute atomic E-state index is 12.7. The monoisotopic (exact) mass is 315 g/mol. The molecule has 3 rings (SSSR count). The summed E-state index contributed by atoms with van der Waals surface area (Å²) in [5, 5.41) is 0. The highest BCUT2D eigenvalue weighted by molar-refractivity contribution is 5.88. The van der Waals surface area contributed by atoms with E-state index in [2.05, 4.69) is 0 Å². The van der Waals surface area contributed by atoms with Gasteiger partial charge < -0.3 is 15.5 Å². The largest absolute Gasteiger partial charge is 0.340 e. The van der Waals surface area contributed by atoms with Gasteiger partial charge in [0.2, 0.25) is 11.8 Å². The van der Waals surface area contributed by atoms with Gasteiger partial charge in [0.1, 0.15) is 6.04 Å². The average molecular weight is 316 g/mol. The van der Waals surface area contributed by atoms with Gasteiger partial charge in [-0.05, 0) is 37.5 Å². The van der Waals surface area contributed by atoms with Crippen LogP contribution in [0.3, 0.4) is 0 Å². The minimum absolute atomic E-state index is 0. The number of rotatable bonds is 3. The number of amides is 2. The van der Waals surface area contributed by atoms with Crippen molar-refractivity contribution in [2.24, 2.45) is 17.6 Å². The van der Waals surface area contributed by atoms with Crippen LogP contribution in [0.25, 0.3) is 0 Å². The summed E-state index contributed by atoms with van der Waals surface area (Å²) in [5.41, 5.74) is 6.13. The number of carbonyl (C=O) groups is 2. The van der Waals surface area contributed by atoms with E-state index in [1.54, 1.807) is 4.90 Å². The van der Waals surface area contributed by atoms with Gasteiger partial charge in [-0.1, -0.05) is 6.92 Å². The van der Waals surface area contributed by atoms with E-state index in [1.807, 2.05) is 11.8 Å². The first-order chi connectivity index (χ1) is 9.61. The van der Waals surface area contributed by atoms with Gasteiger partial charge in [-0.15, -0.1) is 12.4 Å². The Labute approximate surface area is 132 Å². The quantitative estimate of drug-likeness (QED) is 0.845. The predicted octanol–water partition coefficient (Wildman–Crippen LogP) is 1.00. The molecule has 0 radical (unpaired) electrons. The van der Waals surface area contributed by atoms with Crippen molar-refractivity contribution in [3.05, 3.63) is 0 Å². The lowest BCUT2D eigenvalue weighted by molar-refractivity contribution is -0.143. The van der Waals surface area contributed by atoms with Gasteiger partial charge in [0.25, 0.3) is 0 Å². The van der Waals surface area contributed by atoms with Crippen molar-refractivity contribution >= 4 is 24.2 Å². The third-order valence-electron chi connectivity index (χ3n) is 5.38. The second kappa shape index (κ2) is 6.53. The topological polar surface area (TPSA) is 66.6 Å². The van der Waals surface area contributed by atoms with Crippen LogP contribution in [0.15, 0.2) is 0 Å². The van der Waals surface area contributed by atoms with E-state index >= 15 is 0 Å². The van der Waals surface area contributed by atoms with Crippen LogP contribution < -0.4 is 5.73 Å². The molecule has 0 spiro atoms. The van der Waals surface area contributed by atoms with Crippen LogP contribution in [-0.2, 0) is 9.59 Å². The van der Waals surface area contributed by atoms with E-state index in [0.29, 0.717) is 24.7 Å². The summed E-state index contributed by atoms with van der Waals surface area (Å²) >= 11 is 0. The third-order valence-corrected chi connectivity index (χ3v) is 5.38. The summed E-state index contributed by atoms with van der Waals surface area (Å²) in [4.78, 5) is 28.4. The van der Waals surface area contributed by atoms with Crippen molar-refractivity contribution in [3.8, 4) is 0 Å². The number of nitrogens with two attached hydrogens (primary N) is 1. The summed E-state index contributed by atoms with van der Waals surface area (Å²) in [6, 6.07) is 0.00588. The molecule has 2 saturated heterocycles. The summed E-state index contributed by atoms with van der Waals surface area (Å²) < 4.78 is 0. The molecular formula is C15H26ClN3O2. The van der Waals surface area contributed by atoms with E-state index < -0.39 is 0 Å². The van der Waals surface area contributed by atoms with Crippen LogP contribution in [0.5, 0.6) is 0 Å². The van der Waals surface area contributed by atoms with Crippen LogP contribution in [0, 0.1) is 11.8 Å². The molecule has 3 fully saturated rings. The van der Waals surface area contributed by atoms with Crippen LogP contribution in [-0.4, -0.2) is 53.3 Å². The van der Waals surface area contributed by atoms with E-state index in [-0.39, 0.29) is 36.3 Å². The molecule has 2 heterocycles. The predicted molar refractivity (Wildman–Crippen MR) is 83.0 cm³/mol. The Hall–Kier alpha value is -0.810. The standard InChI is InChI=1S/C15H25N3O2.ClH/c1-2-13(18-7-3-4-14(18)19)15(20)17-8-10-5-6-12(16)11(10)9-17;/h10-13H,2-9,16H2,1H3;1H. The van der Waals surface area contributed by atoms with Crippen LogP contribution in [0.4, 0.5) is 0 Å². The zero-order chi connectivity index (χ0) is 14.3. The Morgan fingerprint density at radius 2 is 2.14 bits per heavy atom. The Morgan fingerprint density at radius 3 is 2.71 bits per heavy atom. The Balaban J connectivity index is 0.00000161. The van der Waals surface area contributed by atoms with Crippen molar-refractivity contribution in [2.75, 3.05) is 19.6 Å². The molecule has 1 saturated carbocycles. The number of hydrogen-bond acceptors (Lipinski definition) is 3. The first kappa shape index (κ1) is 16.6. The first-order valence-electron chi connectivity index (χ1n) is 7.95. The van der Waals surface area contributed by atoms with Gasteiger partial charge in [0, 0.05) is 32.1 Å². The second-order valence-electron chi connectivity index (χ2n) is 6.52. The lowest BCUT2D eigenvalue weighted by Gasteiger charge is -2.30. The van der Waals surface area contributed by atoms with E-state index in [1.165, 1.54) is 0 Å². The highest BCUT2D eigenvalue weighted by Crippen LogP contribution is 2.37. The molecule has 120 valence electrons. The molecule has 5 nitrogen and oxygen atoms in total. The first-order valence-corrected chi connectivity index (χ1v) is 7.95. The highest BCUT2D eigenvalue weighted by Gasteiger charge is 2.44. The van der Waals surface area contributed by atoms with E-state index in [4.69, 9.17) is 5.73 Å². The number of nitrogens with zero attached hydrogens (tertiary/aromatic N) is 2. The molecule has 0 aromatic rings. The van der Waals surface area contributed by atoms with Crippen molar-refractivity contribution < 1.29 is 9.59 Å². The average Bonchev–Trinajstić information content (AvgIpc) is 3.10. The fourth-order valence-corrected chi connectivity index (χ4v) is 4.23. The van der Waals surface area contributed by atoms with Crippen molar-refractivity contribution in [1.29, 1.82) is 0 Å². The molecule has 1 aliphatic carbocycles. The minimum atomic E-state index is -0.250. The summed E-state index contributed by atoms with van der Waals surface area (Å²) in [6.07, 6.45) is 4.44. The molecular weight excluding hydrogens is 290 g/mol. The summed E-state index contributed by atoms with van der Waals surface area (Å²) in [7, 11) is 0. The molecule has 2 aliphatic heterocycles. The molecule has 4 atom stereocenters. The fraction of sp³-hybridized carbons (Fsp3) is 0.867. The molecule has 0 aromatic heterocycles. The molecule has 21 heavy (non-hydrogen) atoms. The van der Waals surface area contributed by atoms with Crippen LogP contribution >= 0.6 is 12.4 Å². The van der Waals surface area contributed by atoms with Gasteiger partial charge in [-0.25, -0.2) is 0 Å². The molecule has 2 amide bonds. The van der Waals surface area contributed by atoms with Crippen molar-refractivity contribution in [3.63, 3.8) is 0 Å². The Morgan fingerprint density at radius 1 is 1.38 bits per heavy atom. The van der Waals surface area contributed by atoms with Crippen molar-refractivity contribution in [2.45, 2.75) is 51.1 Å². The number of likely N-dealkylation sites (tertiary alicyclic amines) is 2. The molecule has 6 heteroatoms. The SMILES string of the molecule is CCC(C(=O)N1CC2CCC(N)C2C1)N1CCCC1=O.Cl. The van der Waals surface area contributed by atoms with E-state index in [0.717, 1.165) is 38.9 Å². The van der Waals surface area contributed by atoms with Gasteiger partial charge >= 0.3 is 0 Å². The summed E-state index contributed by atoms with van der Waals surface area (Å²) in [5.74, 6) is 1.34. The lowest BCUT2D eigenvalue weighted by Crippen LogP contribution is -2.48. The molecule has 2 N–H and O–H groups in total. The molecule has 0 bridgehead atoms. The van der Waals surface area contributed by atoms with Crippen LogP contribution in [0.1, 0.15) is 39.0 Å². The van der Waals surface area contributed by atoms with Gasteiger partial charge in [-0.3, -0.25) is 9.59 Å². The third kappa shape index (κ3) is 2.90. The van der Waals surface area contributed by atoms with Crippen molar-refractivity contribution in [1.82, 2.24) is 9.80 Å². The van der Waals surface area contributed by atoms with Gasteiger partial charge in [0.15, 0.2) is 0 Å². The molecule has 4 unspecified atom stereocenters. The lowest BCUT2D eigenvalue weighted by atomic mass is 9.98. The maximum atomic E-state index is 12.7. The van der Waals surface area contributed by atoms with Crippen LogP contribution in [0.2, 0.25) is 0 Å². The van der Waals surface area contributed by atoms with Gasteiger partial charge in [0.05, 0.1) is 0 Å². The summed E-state index contributed by atoms with van der Waals surface area (Å²) in [6.45, 7) is 4.37. The maximum Gasteiger partial charge on any atom is 0.245 e. The molecule has 0 aromatic carbocycles. The number of halogens is 1. The zero-order valence-electron chi connectivity index (χ0n) is 12.7. The number of carbonyl (C=O) groups excluding carboxylic acids is 2. The smallest absolute Gasteiger partial charge is 0.245 e. The zero-order valence-corrected chi connectivity index (χ0v) is 13.5.